The van der Waals surface area contributed by atoms with Crippen LogP contribution in [0.4, 0.5) is 9.59 Å². The summed E-state index contributed by atoms with van der Waals surface area (Å²) < 4.78 is 0. The van der Waals surface area contributed by atoms with Crippen molar-refractivity contribution in [1.29, 1.82) is 0 Å². The molecule has 1 saturated heterocycles. The first-order valence-electron chi connectivity index (χ1n) is 6.80. The number of hydrogen-bond acceptors (Lipinski definition) is 4. The Hall–Kier alpha value is -0.950. The number of rotatable bonds is 8. The van der Waals surface area contributed by atoms with Crippen molar-refractivity contribution in [3.05, 3.63) is 0 Å². The Labute approximate surface area is 119 Å². The van der Waals surface area contributed by atoms with Gasteiger partial charge in [0.25, 0.3) is 0 Å². The molecule has 1 unspecified atom stereocenters. The highest BCUT2D eigenvalue weighted by molar-refractivity contribution is 7.99. The number of unbranched alkanes of at least 4 members (excludes halogenated alkanes) is 5. The monoisotopic (exact) mass is 288 g/mol. The van der Waals surface area contributed by atoms with E-state index in [0.29, 0.717) is 6.54 Å². The van der Waals surface area contributed by atoms with Crippen molar-refractivity contribution in [2.45, 2.75) is 50.9 Å². The molecule has 1 aliphatic heterocycles. The number of carbonyl (C=O) groups excluding carboxylic acids is 2. The molecule has 1 atom stereocenters. The van der Waals surface area contributed by atoms with E-state index in [9.17, 15) is 9.59 Å². The predicted octanol–water partition coefficient (Wildman–Crippen LogP) is 2.31. The van der Waals surface area contributed by atoms with Crippen molar-refractivity contribution in [1.82, 2.24) is 15.2 Å². The molecule has 0 saturated carbocycles. The van der Waals surface area contributed by atoms with E-state index >= 15 is 0 Å². The number of nitrogens with zero attached hydrogens (tertiary/aromatic N) is 2. The minimum atomic E-state index is -0.471. The standard InChI is InChI=1S/C12H24N4O2S/c1-3-4-5-6-7-8-9-15-10(17)14-11(19-2)16(13)12(15)18/h11H,3-9,13H2,1-2H3,(H,14,17). The molecule has 0 spiro atoms. The summed E-state index contributed by atoms with van der Waals surface area (Å²) >= 11 is 1.32. The van der Waals surface area contributed by atoms with Gasteiger partial charge in [-0.2, -0.15) is 0 Å². The molecule has 0 aromatic rings. The molecule has 0 aromatic heterocycles. The van der Waals surface area contributed by atoms with E-state index in [-0.39, 0.29) is 6.03 Å². The van der Waals surface area contributed by atoms with Gasteiger partial charge in [0.2, 0.25) is 0 Å². The topological polar surface area (TPSA) is 78.7 Å². The molecule has 4 amide bonds. The number of urea groups is 2. The van der Waals surface area contributed by atoms with Gasteiger partial charge in [-0.1, -0.05) is 39.0 Å². The molecular weight excluding hydrogens is 264 g/mol. The highest BCUT2D eigenvalue weighted by atomic mass is 32.2. The van der Waals surface area contributed by atoms with Gasteiger partial charge >= 0.3 is 12.1 Å². The van der Waals surface area contributed by atoms with Crippen molar-refractivity contribution in [2.24, 2.45) is 5.84 Å². The number of nitrogens with one attached hydrogen (secondary N) is 1. The summed E-state index contributed by atoms with van der Waals surface area (Å²) in [6.07, 6.45) is 8.49. The fourth-order valence-electron chi connectivity index (χ4n) is 2.00. The van der Waals surface area contributed by atoms with Crippen LogP contribution in [0.3, 0.4) is 0 Å². The lowest BCUT2D eigenvalue weighted by atomic mass is 10.1. The van der Waals surface area contributed by atoms with Crippen molar-refractivity contribution in [2.75, 3.05) is 12.8 Å². The van der Waals surface area contributed by atoms with Gasteiger partial charge in [-0.15, -0.1) is 11.8 Å². The molecule has 1 heterocycles. The Bertz CT molecular complexity index is 314. The second kappa shape index (κ2) is 8.27. The zero-order valence-electron chi connectivity index (χ0n) is 11.7. The molecule has 0 bridgehead atoms. The predicted molar refractivity (Wildman–Crippen MR) is 77.3 cm³/mol. The molecule has 1 fully saturated rings. The number of thioether (sulfide) groups is 1. The third-order valence-corrected chi connectivity index (χ3v) is 3.95. The van der Waals surface area contributed by atoms with Crippen LogP contribution in [0.25, 0.3) is 0 Å². The largest absolute Gasteiger partial charge is 0.344 e. The first-order chi connectivity index (χ1) is 9.11. The first-order valence-corrected chi connectivity index (χ1v) is 8.09. The number of imide groups is 1. The maximum absolute atomic E-state index is 11.9. The van der Waals surface area contributed by atoms with Crippen LogP contribution in [0.15, 0.2) is 0 Å². The van der Waals surface area contributed by atoms with Crippen molar-refractivity contribution in [3.63, 3.8) is 0 Å². The molecule has 1 rings (SSSR count). The van der Waals surface area contributed by atoms with Crippen LogP contribution >= 0.6 is 11.8 Å². The van der Waals surface area contributed by atoms with E-state index in [1.54, 1.807) is 6.26 Å². The number of carbonyl (C=O) groups is 2. The highest BCUT2D eigenvalue weighted by Gasteiger charge is 2.35. The molecule has 6 nitrogen and oxygen atoms in total. The first kappa shape index (κ1) is 16.1. The fourth-order valence-corrected chi connectivity index (χ4v) is 2.54. The van der Waals surface area contributed by atoms with E-state index in [2.05, 4.69) is 12.2 Å². The van der Waals surface area contributed by atoms with Crippen LogP contribution in [0.2, 0.25) is 0 Å². The van der Waals surface area contributed by atoms with E-state index < -0.39 is 11.5 Å². The lowest BCUT2D eigenvalue weighted by Crippen LogP contribution is -2.66. The molecule has 7 heteroatoms. The van der Waals surface area contributed by atoms with Crippen LogP contribution in [-0.2, 0) is 0 Å². The van der Waals surface area contributed by atoms with E-state index in [1.807, 2.05) is 0 Å². The summed E-state index contributed by atoms with van der Waals surface area (Å²) in [7, 11) is 0. The third-order valence-electron chi connectivity index (χ3n) is 3.16. The summed E-state index contributed by atoms with van der Waals surface area (Å²) in [4.78, 5) is 24.9. The molecular formula is C12H24N4O2S. The van der Waals surface area contributed by atoms with E-state index in [1.165, 1.54) is 35.9 Å². The van der Waals surface area contributed by atoms with Gasteiger partial charge < -0.3 is 5.32 Å². The molecule has 0 aromatic carbocycles. The average molecular weight is 288 g/mol. The smallest absolute Gasteiger partial charge is 0.307 e. The summed E-state index contributed by atoms with van der Waals surface area (Å²) in [6, 6.07) is -0.767. The second-order valence-electron chi connectivity index (χ2n) is 4.65. The number of hydrogen-bond donors (Lipinski definition) is 2. The zero-order valence-corrected chi connectivity index (χ0v) is 12.5. The van der Waals surface area contributed by atoms with Gasteiger partial charge in [0.05, 0.1) is 0 Å². The van der Waals surface area contributed by atoms with Crippen LogP contribution in [0, 0.1) is 0 Å². The average Bonchev–Trinajstić information content (AvgIpc) is 2.41. The molecule has 0 radical (unpaired) electrons. The zero-order chi connectivity index (χ0) is 14.3. The number of amides is 4. The number of hydrazine groups is 1. The third kappa shape index (κ3) is 4.58. The maximum atomic E-state index is 11.9. The summed E-state index contributed by atoms with van der Waals surface area (Å²) in [6.45, 7) is 2.61. The molecule has 110 valence electrons. The van der Waals surface area contributed by atoms with Crippen molar-refractivity contribution < 1.29 is 9.59 Å². The molecule has 3 N–H and O–H groups in total. The molecule has 19 heavy (non-hydrogen) atoms. The highest BCUT2D eigenvalue weighted by Crippen LogP contribution is 2.15. The summed E-state index contributed by atoms with van der Waals surface area (Å²) in [5, 5.41) is 3.76. The molecule has 0 aliphatic carbocycles. The van der Waals surface area contributed by atoms with E-state index in [4.69, 9.17) is 5.84 Å². The SMILES string of the molecule is CCCCCCCCN1C(=O)NC(SC)N(N)C1=O. The Morgan fingerprint density at radius 2 is 1.84 bits per heavy atom. The lowest BCUT2D eigenvalue weighted by Gasteiger charge is -2.37. The van der Waals surface area contributed by atoms with Crippen LogP contribution in [0.1, 0.15) is 45.4 Å². The van der Waals surface area contributed by atoms with Gasteiger partial charge in [0.1, 0.15) is 0 Å². The minimum Gasteiger partial charge on any atom is -0.307 e. The lowest BCUT2D eigenvalue weighted by molar-refractivity contribution is 0.124. The van der Waals surface area contributed by atoms with Gasteiger partial charge in [0, 0.05) is 6.54 Å². The normalized spacial score (nSPS) is 19.8. The Morgan fingerprint density at radius 1 is 1.21 bits per heavy atom. The quantitative estimate of drug-likeness (QED) is 0.408. The van der Waals surface area contributed by atoms with Crippen LogP contribution < -0.4 is 11.2 Å². The minimum absolute atomic E-state index is 0.348. The van der Waals surface area contributed by atoms with Crippen molar-refractivity contribution >= 4 is 23.8 Å². The summed E-state index contributed by atoms with van der Waals surface area (Å²) in [5.74, 6) is 5.66. The summed E-state index contributed by atoms with van der Waals surface area (Å²) in [5.41, 5.74) is -0.471. The maximum Gasteiger partial charge on any atom is 0.344 e. The Balaban J connectivity index is 2.33. The van der Waals surface area contributed by atoms with Gasteiger partial charge in [-0.05, 0) is 12.7 Å². The number of nitrogens with two attached hydrogens (primary N) is 1. The Morgan fingerprint density at radius 3 is 2.47 bits per heavy atom. The molecule has 1 aliphatic rings. The Kier molecular flexibility index (Phi) is 7.01. The van der Waals surface area contributed by atoms with Gasteiger partial charge in [-0.3, -0.25) is 0 Å². The van der Waals surface area contributed by atoms with Crippen LogP contribution in [-0.4, -0.2) is 40.3 Å². The van der Waals surface area contributed by atoms with Crippen LogP contribution in [0.5, 0.6) is 0 Å². The van der Waals surface area contributed by atoms with Crippen molar-refractivity contribution in [3.8, 4) is 0 Å². The van der Waals surface area contributed by atoms with E-state index in [0.717, 1.165) is 24.3 Å². The van der Waals surface area contributed by atoms with Gasteiger partial charge in [0.15, 0.2) is 5.50 Å². The van der Waals surface area contributed by atoms with Gasteiger partial charge in [-0.25, -0.2) is 25.3 Å². The second-order valence-corrected chi connectivity index (χ2v) is 5.56. The fraction of sp³-hybridized carbons (Fsp3) is 0.833.